The van der Waals surface area contributed by atoms with E-state index in [2.05, 4.69) is 53.0 Å². The van der Waals surface area contributed by atoms with Gasteiger partial charge in [-0.05, 0) is 35.9 Å². The number of benzene rings is 1. The number of nitrogens with zero attached hydrogens (tertiary/aromatic N) is 5. The average molecular weight is 356 g/mol. The van der Waals surface area contributed by atoms with Gasteiger partial charge >= 0.3 is 0 Å². The predicted molar refractivity (Wildman–Crippen MR) is 101 cm³/mol. The molecule has 0 unspecified atom stereocenters. The summed E-state index contributed by atoms with van der Waals surface area (Å²) in [6.45, 7) is 7.60. The van der Waals surface area contributed by atoms with Crippen molar-refractivity contribution in [2.75, 3.05) is 11.4 Å². The van der Waals surface area contributed by atoms with Gasteiger partial charge in [-0.25, -0.2) is 4.98 Å². The smallest absolute Gasteiger partial charge is 0.139 e. The van der Waals surface area contributed by atoms with Gasteiger partial charge in [-0.1, -0.05) is 31.5 Å². The van der Waals surface area contributed by atoms with E-state index in [1.165, 1.54) is 22.0 Å². The maximum atomic E-state index is 6.17. The summed E-state index contributed by atoms with van der Waals surface area (Å²) in [6, 6.07) is 6.80. The Morgan fingerprint density at radius 1 is 1.24 bits per heavy atom. The van der Waals surface area contributed by atoms with E-state index in [1.807, 2.05) is 23.9 Å². The molecule has 4 rings (SSSR count). The second-order valence-corrected chi connectivity index (χ2v) is 7.57. The van der Waals surface area contributed by atoms with E-state index in [4.69, 9.17) is 11.6 Å². The number of hydrogen-bond donors (Lipinski definition) is 0. The fourth-order valence-electron chi connectivity index (χ4n) is 3.83. The van der Waals surface area contributed by atoms with Crippen molar-refractivity contribution in [3.63, 3.8) is 0 Å². The summed E-state index contributed by atoms with van der Waals surface area (Å²) in [5, 5.41) is 11.2. The van der Waals surface area contributed by atoms with Crippen LogP contribution in [0.2, 0.25) is 5.15 Å². The van der Waals surface area contributed by atoms with Crippen LogP contribution in [0.3, 0.4) is 0 Å². The number of aryl methyl sites for hydroxylation is 1. The molecule has 0 bridgehead atoms. The number of pyridine rings is 1. The summed E-state index contributed by atoms with van der Waals surface area (Å²) in [5.74, 6) is 1.89. The molecule has 6 heteroatoms. The first-order valence-electron chi connectivity index (χ1n) is 8.66. The predicted octanol–water partition coefficient (Wildman–Crippen LogP) is 4.13. The van der Waals surface area contributed by atoms with Gasteiger partial charge in [-0.3, -0.25) is 0 Å². The first-order valence-corrected chi connectivity index (χ1v) is 9.04. The van der Waals surface area contributed by atoms with Crippen molar-refractivity contribution in [3.05, 3.63) is 47.3 Å². The third kappa shape index (κ3) is 2.58. The first kappa shape index (κ1) is 16.3. The molecule has 3 heterocycles. The lowest BCUT2D eigenvalue weighted by atomic mass is 9.87. The standard InChI is InChI=1S/C19H22ClN5/c1-11(2)13-5-6-17(15-8-21-18(20)7-14(13)15)25-9-16(12(25)3)19-23-22-10-24(19)4/h5-8,10-12,16H,9H2,1-4H3/t12-,16+/m0/s1. The van der Waals surface area contributed by atoms with Gasteiger partial charge in [0.1, 0.15) is 17.3 Å². The van der Waals surface area contributed by atoms with Gasteiger partial charge in [0.25, 0.3) is 0 Å². The Kier molecular flexibility index (Phi) is 3.91. The van der Waals surface area contributed by atoms with Crippen LogP contribution in [0.5, 0.6) is 0 Å². The quantitative estimate of drug-likeness (QED) is 0.663. The summed E-state index contributed by atoms with van der Waals surface area (Å²) in [6.07, 6.45) is 3.67. The van der Waals surface area contributed by atoms with Crippen LogP contribution in [-0.4, -0.2) is 32.3 Å². The van der Waals surface area contributed by atoms with Gasteiger partial charge < -0.3 is 9.47 Å². The number of aromatic nitrogens is 4. The lowest BCUT2D eigenvalue weighted by Gasteiger charge is -2.47. The lowest BCUT2D eigenvalue weighted by Crippen LogP contribution is -2.54. The zero-order valence-corrected chi connectivity index (χ0v) is 15.7. The van der Waals surface area contributed by atoms with Crippen molar-refractivity contribution < 1.29 is 0 Å². The van der Waals surface area contributed by atoms with E-state index in [0.29, 0.717) is 23.0 Å². The molecule has 1 aromatic carbocycles. The Bertz CT molecular complexity index is 933. The van der Waals surface area contributed by atoms with Crippen LogP contribution in [-0.2, 0) is 7.05 Å². The summed E-state index contributed by atoms with van der Waals surface area (Å²) >= 11 is 6.17. The normalized spacial score (nSPS) is 20.3. The van der Waals surface area contributed by atoms with Crippen molar-refractivity contribution in [3.8, 4) is 0 Å². The molecule has 5 nitrogen and oxygen atoms in total. The largest absolute Gasteiger partial charge is 0.367 e. The highest BCUT2D eigenvalue weighted by Crippen LogP contribution is 2.41. The minimum absolute atomic E-state index is 0.367. The van der Waals surface area contributed by atoms with Gasteiger partial charge in [0.2, 0.25) is 0 Å². The molecular formula is C19H22ClN5. The van der Waals surface area contributed by atoms with Crippen molar-refractivity contribution in [1.82, 2.24) is 19.7 Å². The van der Waals surface area contributed by atoms with Crippen LogP contribution in [0.25, 0.3) is 10.8 Å². The summed E-state index contributed by atoms with van der Waals surface area (Å²) in [7, 11) is 2.00. The third-order valence-electron chi connectivity index (χ3n) is 5.36. The Balaban J connectivity index is 1.74. The van der Waals surface area contributed by atoms with E-state index >= 15 is 0 Å². The van der Waals surface area contributed by atoms with Crippen LogP contribution in [0.4, 0.5) is 5.69 Å². The molecule has 25 heavy (non-hydrogen) atoms. The molecule has 2 atom stereocenters. The lowest BCUT2D eigenvalue weighted by molar-refractivity contribution is 0.383. The summed E-state index contributed by atoms with van der Waals surface area (Å²) in [4.78, 5) is 6.75. The molecule has 0 radical (unpaired) electrons. The highest BCUT2D eigenvalue weighted by molar-refractivity contribution is 6.30. The van der Waals surface area contributed by atoms with Crippen molar-refractivity contribution >= 4 is 28.1 Å². The van der Waals surface area contributed by atoms with E-state index in [1.54, 1.807) is 6.33 Å². The molecule has 2 aromatic heterocycles. The third-order valence-corrected chi connectivity index (χ3v) is 5.56. The molecule has 3 aromatic rings. The fraction of sp³-hybridized carbons (Fsp3) is 0.421. The summed E-state index contributed by atoms with van der Waals surface area (Å²) < 4.78 is 2.01. The molecule has 1 aliphatic rings. The number of halogens is 1. The SMILES string of the molecule is CC(C)c1ccc(N2C[C@@H](c3nncn3C)[C@@H]2C)c2cnc(Cl)cc12. The number of hydrogen-bond acceptors (Lipinski definition) is 4. The van der Waals surface area contributed by atoms with Gasteiger partial charge in [0, 0.05) is 36.9 Å². The van der Waals surface area contributed by atoms with E-state index in [-0.39, 0.29) is 0 Å². The van der Waals surface area contributed by atoms with Crippen LogP contribution in [0.1, 0.15) is 44.0 Å². The average Bonchev–Trinajstić information content (AvgIpc) is 2.98. The van der Waals surface area contributed by atoms with E-state index < -0.39 is 0 Å². The van der Waals surface area contributed by atoms with Gasteiger partial charge in [0.15, 0.2) is 0 Å². The van der Waals surface area contributed by atoms with Crippen molar-refractivity contribution in [2.24, 2.45) is 7.05 Å². The van der Waals surface area contributed by atoms with Crippen LogP contribution >= 0.6 is 11.6 Å². The highest BCUT2D eigenvalue weighted by Gasteiger charge is 2.40. The molecule has 0 amide bonds. The Labute approximate surface area is 152 Å². The Hall–Kier alpha value is -2.14. The monoisotopic (exact) mass is 355 g/mol. The first-order chi connectivity index (χ1) is 12.0. The maximum absolute atomic E-state index is 6.17. The fourth-order valence-corrected chi connectivity index (χ4v) is 3.99. The topological polar surface area (TPSA) is 46.8 Å². The van der Waals surface area contributed by atoms with E-state index in [9.17, 15) is 0 Å². The number of rotatable bonds is 3. The molecule has 1 fully saturated rings. The second kappa shape index (κ2) is 5.99. The molecule has 130 valence electrons. The second-order valence-electron chi connectivity index (χ2n) is 7.18. The molecular weight excluding hydrogens is 334 g/mol. The highest BCUT2D eigenvalue weighted by atomic mass is 35.5. The zero-order chi connectivity index (χ0) is 17.7. The van der Waals surface area contributed by atoms with E-state index in [0.717, 1.165) is 12.4 Å². The molecule has 0 aliphatic carbocycles. The Morgan fingerprint density at radius 3 is 2.68 bits per heavy atom. The van der Waals surface area contributed by atoms with Crippen molar-refractivity contribution in [2.45, 2.75) is 38.6 Å². The maximum Gasteiger partial charge on any atom is 0.139 e. The molecule has 0 N–H and O–H groups in total. The molecule has 1 saturated heterocycles. The van der Waals surface area contributed by atoms with Crippen LogP contribution in [0.15, 0.2) is 30.7 Å². The molecule has 0 saturated carbocycles. The minimum atomic E-state index is 0.367. The molecule has 1 aliphatic heterocycles. The van der Waals surface area contributed by atoms with Crippen molar-refractivity contribution in [1.29, 1.82) is 0 Å². The molecule has 0 spiro atoms. The zero-order valence-electron chi connectivity index (χ0n) is 14.9. The number of anilines is 1. The van der Waals surface area contributed by atoms with Crippen LogP contribution < -0.4 is 4.90 Å². The van der Waals surface area contributed by atoms with Crippen LogP contribution in [0, 0.1) is 0 Å². The Morgan fingerprint density at radius 2 is 2.04 bits per heavy atom. The minimum Gasteiger partial charge on any atom is -0.367 e. The number of fused-ring (bicyclic) bond motifs is 1. The van der Waals surface area contributed by atoms with Gasteiger partial charge in [-0.2, -0.15) is 0 Å². The summed E-state index contributed by atoms with van der Waals surface area (Å²) in [5.41, 5.74) is 2.52. The van der Waals surface area contributed by atoms with Gasteiger partial charge in [-0.15, -0.1) is 10.2 Å². The van der Waals surface area contributed by atoms with Gasteiger partial charge in [0.05, 0.1) is 5.92 Å².